The number of sulfone groups is 1. The van der Waals surface area contributed by atoms with Gasteiger partial charge in [-0.3, -0.25) is 0 Å². The third-order valence-corrected chi connectivity index (χ3v) is 6.64. The zero-order chi connectivity index (χ0) is 21.7. The molecule has 1 heterocycles. The maximum absolute atomic E-state index is 13.0. The monoisotopic (exact) mass is 435 g/mol. The maximum atomic E-state index is 13.0. The van der Waals surface area contributed by atoms with Gasteiger partial charge in [-0.05, 0) is 36.9 Å². The second kappa shape index (κ2) is 13.2. The minimum Gasteiger partial charge on any atom is -0.462 e. The van der Waals surface area contributed by atoms with Crippen LogP contribution >= 0.6 is 0 Å². The van der Waals surface area contributed by atoms with Gasteiger partial charge >= 0.3 is 5.97 Å². The van der Waals surface area contributed by atoms with Crippen molar-refractivity contribution in [2.45, 2.75) is 50.3 Å². The zero-order valence-electron chi connectivity index (χ0n) is 17.8. The topological polar surface area (TPSA) is 72.9 Å². The number of allylic oxidation sites excluding steroid dienone is 2. The van der Waals surface area contributed by atoms with Gasteiger partial charge < -0.3 is 14.4 Å². The Labute approximate surface area is 180 Å². The lowest BCUT2D eigenvalue weighted by atomic mass is 10.1. The molecule has 7 heteroatoms. The van der Waals surface area contributed by atoms with Crippen LogP contribution in [0.5, 0.6) is 0 Å². The van der Waals surface area contributed by atoms with Crippen LogP contribution in [-0.4, -0.2) is 52.2 Å². The SMILES string of the molecule is CCCCCCCCOC(=O)/C(=C/C=C/N1CCOCC1)S(=O)(=O)c1ccccc1. The van der Waals surface area contributed by atoms with Crippen molar-refractivity contribution in [3.05, 3.63) is 53.6 Å². The lowest BCUT2D eigenvalue weighted by Crippen LogP contribution is -2.31. The van der Waals surface area contributed by atoms with Crippen LogP contribution in [0.4, 0.5) is 0 Å². The highest BCUT2D eigenvalue weighted by Gasteiger charge is 2.27. The van der Waals surface area contributed by atoms with E-state index in [0.717, 1.165) is 32.4 Å². The Kier molecular flexibility index (Phi) is 10.7. The number of carbonyl (C=O) groups excluding carboxylic acids is 1. The summed E-state index contributed by atoms with van der Waals surface area (Å²) in [5.41, 5.74) is 0. The summed E-state index contributed by atoms with van der Waals surface area (Å²) in [5, 5.41) is 0. The molecule has 2 rings (SSSR count). The van der Waals surface area contributed by atoms with Crippen molar-refractivity contribution in [3.8, 4) is 0 Å². The predicted molar refractivity (Wildman–Crippen MR) is 118 cm³/mol. The zero-order valence-corrected chi connectivity index (χ0v) is 18.6. The fraction of sp³-hybridized carbons (Fsp3) is 0.522. The maximum Gasteiger partial charge on any atom is 0.350 e. The molecule has 0 radical (unpaired) electrons. The Morgan fingerprint density at radius 3 is 2.43 bits per heavy atom. The summed E-state index contributed by atoms with van der Waals surface area (Å²) in [7, 11) is -3.97. The average Bonchev–Trinajstić information content (AvgIpc) is 2.77. The van der Waals surface area contributed by atoms with E-state index in [4.69, 9.17) is 9.47 Å². The molecule has 0 amide bonds. The van der Waals surface area contributed by atoms with Gasteiger partial charge in [-0.25, -0.2) is 13.2 Å². The Morgan fingerprint density at radius 1 is 1.07 bits per heavy atom. The molecule has 1 aliphatic rings. The first-order valence-corrected chi connectivity index (χ1v) is 12.2. The van der Waals surface area contributed by atoms with E-state index in [0.29, 0.717) is 13.2 Å². The van der Waals surface area contributed by atoms with E-state index in [-0.39, 0.29) is 16.4 Å². The fourth-order valence-corrected chi connectivity index (χ4v) is 4.40. The molecule has 6 nitrogen and oxygen atoms in total. The van der Waals surface area contributed by atoms with Gasteiger partial charge in [0.15, 0.2) is 4.91 Å². The summed E-state index contributed by atoms with van der Waals surface area (Å²) >= 11 is 0. The molecule has 166 valence electrons. The van der Waals surface area contributed by atoms with Crippen molar-refractivity contribution in [1.29, 1.82) is 0 Å². The number of ether oxygens (including phenoxy) is 2. The Balaban J connectivity index is 2.05. The van der Waals surface area contributed by atoms with Crippen LogP contribution in [0.1, 0.15) is 45.4 Å². The van der Waals surface area contributed by atoms with Crippen molar-refractivity contribution in [1.82, 2.24) is 4.90 Å². The van der Waals surface area contributed by atoms with Gasteiger partial charge in [0.05, 0.1) is 24.7 Å². The van der Waals surface area contributed by atoms with E-state index in [1.54, 1.807) is 30.5 Å². The molecule has 0 bridgehead atoms. The minimum absolute atomic E-state index is 0.0764. The molecular formula is C23H33NO5S. The van der Waals surface area contributed by atoms with Gasteiger partial charge in [-0.15, -0.1) is 0 Å². The van der Waals surface area contributed by atoms with E-state index in [9.17, 15) is 13.2 Å². The van der Waals surface area contributed by atoms with E-state index in [1.165, 1.54) is 37.5 Å². The van der Waals surface area contributed by atoms with Crippen molar-refractivity contribution < 1.29 is 22.7 Å². The molecule has 0 spiro atoms. The summed E-state index contributed by atoms with van der Waals surface area (Å²) < 4.78 is 36.7. The van der Waals surface area contributed by atoms with Gasteiger partial charge in [0, 0.05) is 13.1 Å². The van der Waals surface area contributed by atoms with E-state index in [1.807, 2.05) is 4.90 Å². The second-order valence-electron chi connectivity index (χ2n) is 7.24. The molecule has 0 saturated carbocycles. The summed E-state index contributed by atoms with van der Waals surface area (Å²) in [5.74, 6) is -0.806. The van der Waals surface area contributed by atoms with Gasteiger partial charge in [-0.2, -0.15) is 0 Å². The summed E-state index contributed by atoms with van der Waals surface area (Å²) in [6, 6.07) is 7.97. The van der Waals surface area contributed by atoms with Crippen molar-refractivity contribution in [3.63, 3.8) is 0 Å². The molecule has 1 fully saturated rings. The van der Waals surface area contributed by atoms with Gasteiger partial charge in [-0.1, -0.05) is 57.2 Å². The predicted octanol–water partition coefficient (Wildman–Crippen LogP) is 4.09. The third kappa shape index (κ3) is 7.95. The molecule has 0 aromatic heterocycles. The van der Waals surface area contributed by atoms with Gasteiger partial charge in [0.25, 0.3) is 0 Å². The lowest BCUT2D eigenvalue weighted by Gasteiger charge is -2.24. The lowest BCUT2D eigenvalue weighted by molar-refractivity contribution is -0.138. The van der Waals surface area contributed by atoms with Gasteiger partial charge in [0.1, 0.15) is 0 Å². The van der Waals surface area contributed by atoms with Crippen molar-refractivity contribution in [2.24, 2.45) is 0 Å². The first kappa shape index (κ1) is 24.2. The normalized spacial score (nSPS) is 15.5. The van der Waals surface area contributed by atoms with Crippen LogP contribution in [0.3, 0.4) is 0 Å². The number of hydrogen-bond donors (Lipinski definition) is 0. The molecule has 0 aliphatic carbocycles. The quantitative estimate of drug-likeness (QED) is 0.213. The first-order valence-electron chi connectivity index (χ1n) is 10.7. The summed E-state index contributed by atoms with van der Waals surface area (Å²) in [6.07, 6.45) is 11.1. The largest absolute Gasteiger partial charge is 0.462 e. The highest BCUT2D eigenvalue weighted by atomic mass is 32.2. The van der Waals surface area contributed by atoms with Crippen LogP contribution in [0.25, 0.3) is 0 Å². The van der Waals surface area contributed by atoms with Crippen molar-refractivity contribution >= 4 is 15.8 Å². The molecule has 1 aromatic carbocycles. The van der Waals surface area contributed by atoms with Crippen LogP contribution in [-0.2, 0) is 24.1 Å². The molecule has 1 saturated heterocycles. The van der Waals surface area contributed by atoms with Crippen LogP contribution in [0, 0.1) is 0 Å². The average molecular weight is 436 g/mol. The number of nitrogens with zero attached hydrogens (tertiary/aromatic N) is 1. The van der Waals surface area contributed by atoms with E-state index in [2.05, 4.69) is 6.92 Å². The molecular weight excluding hydrogens is 402 g/mol. The molecule has 0 unspecified atom stereocenters. The number of morpholine rings is 1. The van der Waals surface area contributed by atoms with Crippen LogP contribution in [0.2, 0.25) is 0 Å². The Hall–Kier alpha value is -2.12. The molecule has 1 aromatic rings. The molecule has 30 heavy (non-hydrogen) atoms. The molecule has 0 atom stereocenters. The standard InChI is InChI=1S/C23H33NO5S/c1-2-3-4-5-6-10-18-29-23(25)22(14-11-15-24-16-19-28-20-17-24)30(26,27)21-12-8-7-9-13-21/h7-9,11-15H,2-6,10,16-20H2,1H3/b15-11+,22-14-. The van der Waals surface area contributed by atoms with Gasteiger partial charge in [0.2, 0.25) is 9.84 Å². The number of rotatable bonds is 12. The van der Waals surface area contributed by atoms with E-state index < -0.39 is 15.8 Å². The number of carbonyl (C=O) groups is 1. The number of hydrogen-bond acceptors (Lipinski definition) is 6. The summed E-state index contributed by atoms with van der Waals surface area (Å²) in [4.78, 5) is 14.4. The van der Waals surface area contributed by atoms with Crippen LogP contribution < -0.4 is 0 Å². The highest BCUT2D eigenvalue weighted by Crippen LogP contribution is 2.21. The Morgan fingerprint density at radius 2 is 1.73 bits per heavy atom. The smallest absolute Gasteiger partial charge is 0.350 e. The number of benzene rings is 1. The summed E-state index contributed by atoms with van der Waals surface area (Å²) in [6.45, 7) is 5.10. The highest BCUT2D eigenvalue weighted by molar-refractivity contribution is 7.96. The van der Waals surface area contributed by atoms with Crippen LogP contribution in [0.15, 0.2) is 58.5 Å². The minimum atomic E-state index is -3.97. The number of unbranched alkanes of at least 4 members (excludes halogenated alkanes) is 5. The third-order valence-electron chi connectivity index (χ3n) is 4.87. The molecule has 0 N–H and O–H groups in total. The first-order chi connectivity index (χ1) is 14.6. The van der Waals surface area contributed by atoms with E-state index >= 15 is 0 Å². The Bertz CT molecular complexity index is 796. The number of esters is 1. The van der Waals surface area contributed by atoms with Crippen molar-refractivity contribution in [2.75, 3.05) is 32.9 Å². The fourth-order valence-electron chi connectivity index (χ4n) is 3.09. The molecule has 1 aliphatic heterocycles. The second-order valence-corrected chi connectivity index (χ2v) is 9.16.